The number of aliphatic hydroxyl groups is 2. The number of piperidine rings is 2. The van der Waals surface area contributed by atoms with Crippen molar-refractivity contribution in [1.82, 2.24) is 9.80 Å². The normalized spacial score (nSPS) is 17.6. The average molecular weight is 673 g/mol. The van der Waals surface area contributed by atoms with Crippen molar-refractivity contribution in [2.45, 2.75) is 84.2 Å². The molecule has 2 aliphatic heterocycles. The number of rotatable bonds is 11. The fourth-order valence-corrected chi connectivity index (χ4v) is 5.89. The van der Waals surface area contributed by atoms with Gasteiger partial charge in [-0.3, -0.25) is 29.8 Å². The van der Waals surface area contributed by atoms with E-state index in [0.29, 0.717) is 55.6 Å². The largest absolute Gasteiger partial charge is 0.507 e. The summed E-state index contributed by atoms with van der Waals surface area (Å²) in [4.78, 5) is 60.9. The number of nitro groups is 2. The zero-order valence-corrected chi connectivity index (χ0v) is 27.6. The number of carbonyl (C=O) groups is 3. The van der Waals surface area contributed by atoms with Crippen molar-refractivity contribution in [2.24, 2.45) is 0 Å². The van der Waals surface area contributed by atoms with Gasteiger partial charge in [-0.15, -0.1) is 0 Å². The SMILES string of the molecule is CC(=O)CCCOc1cc([N+](=O)[O-])c(C(=O)N2CCCC[C@H]2CO)cc1C.Cc1cc(C(=O)N2CCCC[C@H]2CO)c([N+](=O)[O-])cc1O. The molecule has 262 valence electrons. The van der Waals surface area contributed by atoms with Gasteiger partial charge in [0.1, 0.15) is 28.4 Å². The lowest BCUT2D eigenvalue weighted by atomic mass is 10.00. The number of phenolic OH excluding ortho intramolecular Hbond substituents is 1. The molecule has 0 aromatic heterocycles. The molecular weight excluding hydrogens is 628 g/mol. The first-order valence-electron chi connectivity index (χ1n) is 16.0. The zero-order valence-electron chi connectivity index (χ0n) is 27.6. The lowest BCUT2D eigenvalue weighted by Gasteiger charge is -2.34. The number of hydrogen-bond donors (Lipinski definition) is 3. The summed E-state index contributed by atoms with van der Waals surface area (Å²) < 4.78 is 5.58. The molecule has 2 atom stereocenters. The molecule has 0 unspecified atom stereocenters. The van der Waals surface area contributed by atoms with Crippen LogP contribution in [-0.4, -0.2) is 97.6 Å². The molecule has 2 aliphatic rings. The summed E-state index contributed by atoms with van der Waals surface area (Å²) in [7, 11) is 0. The van der Waals surface area contributed by atoms with E-state index in [-0.39, 0.29) is 60.3 Å². The second-order valence-electron chi connectivity index (χ2n) is 12.1. The van der Waals surface area contributed by atoms with Gasteiger partial charge in [-0.1, -0.05) is 0 Å². The maximum Gasteiger partial charge on any atom is 0.285 e. The number of carbonyl (C=O) groups excluding carboxylic acids is 3. The van der Waals surface area contributed by atoms with Gasteiger partial charge < -0.3 is 34.7 Å². The summed E-state index contributed by atoms with van der Waals surface area (Å²) >= 11 is 0. The number of ether oxygens (including phenoxy) is 1. The van der Waals surface area contributed by atoms with Crippen LogP contribution in [0.3, 0.4) is 0 Å². The standard InChI is InChI=1S/C19H26N2O6.C14H18N2O5/c1-13-10-16(19(24)20-8-4-3-7-15(20)12-22)17(21(25)26)11-18(13)27-9-5-6-14(2)23;1-9-6-11(12(16(20)21)7-13(9)18)14(19)15-5-3-2-4-10(15)8-17/h10-11,15,22H,3-9,12H2,1-2H3;6-7,10,17-18H,2-5,8H2,1H3/t15-;10-/m00/s1. The summed E-state index contributed by atoms with van der Waals surface area (Å²) in [5, 5.41) is 51.1. The van der Waals surface area contributed by atoms with Gasteiger partial charge in [-0.25, -0.2) is 0 Å². The lowest BCUT2D eigenvalue weighted by Crippen LogP contribution is -2.45. The summed E-state index contributed by atoms with van der Waals surface area (Å²) in [6, 6.07) is 4.46. The zero-order chi connectivity index (χ0) is 35.5. The maximum absolute atomic E-state index is 12.9. The third-order valence-corrected chi connectivity index (χ3v) is 8.59. The van der Waals surface area contributed by atoms with Crippen LogP contribution in [0.4, 0.5) is 11.4 Å². The van der Waals surface area contributed by atoms with E-state index in [1.165, 1.54) is 34.9 Å². The van der Waals surface area contributed by atoms with E-state index in [0.717, 1.165) is 31.7 Å². The number of nitro benzene ring substituents is 2. The maximum atomic E-state index is 12.9. The second-order valence-corrected chi connectivity index (χ2v) is 12.1. The van der Waals surface area contributed by atoms with Crippen molar-refractivity contribution in [1.29, 1.82) is 0 Å². The molecular formula is C33H44N4O11. The van der Waals surface area contributed by atoms with Crippen molar-refractivity contribution in [3.63, 3.8) is 0 Å². The van der Waals surface area contributed by atoms with Crippen LogP contribution in [-0.2, 0) is 4.79 Å². The summed E-state index contributed by atoms with van der Waals surface area (Å²) in [6.45, 7) is 5.70. The van der Waals surface area contributed by atoms with Crippen LogP contribution >= 0.6 is 0 Å². The minimum absolute atomic E-state index is 0.00827. The summed E-state index contributed by atoms with van der Waals surface area (Å²) in [5.74, 6) is -0.729. The van der Waals surface area contributed by atoms with Crippen LogP contribution in [0.5, 0.6) is 11.5 Å². The Morgan fingerprint density at radius 1 is 0.812 bits per heavy atom. The van der Waals surface area contributed by atoms with Crippen LogP contribution in [0.1, 0.15) is 90.1 Å². The quantitative estimate of drug-likeness (QED) is 0.174. The number of aromatic hydroxyl groups is 1. The smallest absolute Gasteiger partial charge is 0.285 e. The first kappa shape index (κ1) is 37.8. The molecule has 2 aromatic rings. The summed E-state index contributed by atoms with van der Waals surface area (Å²) in [5.41, 5.74) is 0.259. The van der Waals surface area contributed by atoms with E-state index in [1.807, 2.05) is 0 Å². The Hall–Kier alpha value is -4.63. The molecule has 0 aliphatic carbocycles. The predicted octanol–water partition coefficient (Wildman–Crippen LogP) is 4.23. The molecule has 15 heteroatoms. The Bertz CT molecular complexity index is 1510. The minimum atomic E-state index is -0.676. The Balaban J connectivity index is 0.000000269. The van der Waals surface area contributed by atoms with Crippen molar-refractivity contribution < 1.29 is 44.3 Å². The predicted molar refractivity (Wildman–Crippen MR) is 174 cm³/mol. The Labute approximate surface area is 278 Å². The number of likely N-dealkylation sites (tertiary alicyclic amines) is 2. The van der Waals surface area contributed by atoms with E-state index >= 15 is 0 Å². The molecule has 2 amide bonds. The van der Waals surface area contributed by atoms with Gasteiger partial charge in [0.25, 0.3) is 23.2 Å². The van der Waals surface area contributed by atoms with E-state index in [2.05, 4.69) is 0 Å². The topological polar surface area (TPSA) is 214 Å². The first-order chi connectivity index (χ1) is 22.8. The number of hydrogen-bond acceptors (Lipinski definition) is 11. The van der Waals surface area contributed by atoms with Gasteiger partial charge in [-0.05, 0) is 89.0 Å². The van der Waals surface area contributed by atoms with Crippen molar-refractivity contribution in [3.05, 3.63) is 66.7 Å². The van der Waals surface area contributed by atoms with Crippen LogP contribution < -0.4 is 4.74 Å². The monoisotopic (exact) mass is 672 g/mol. The van der Waals surface area contributed by atoms with Crippen LogP contribution in [0.15, 0.2) is 24.3 Å². The molecule has 0 radical (unpaired) electrons. The molecule has 2 aromatic carbocycles. The van der Waals surface area contributed by atoms with Gasteiger partial charge in [0.05, 0.1) is 53.9 Å². The van der Waals surface area contributed by atoms with Crippen LogP contribution in [0.25, 0.3) is 0 Å². The van der Waals surface area contributed by atoms with Crippen LogP contribution in [0, 0.1) is 34.1 Å². The highest BCUT2D eigenvalue weighted by Gasteiger charge is 2.33. The highest BCUT2D eigenvalue weighted by atomic mass is 16.6. The third kappa shape index (κ3) is 9.47. The van der Waals surface area contributed by atoms with E-state index < -0.39 is 27.3 Å². The highest BCUT2D eigenvalue weighted by Crippen LogP contribution is 2.32. The molecule has 48 heavy (non-hydrogen) atoms. The number of ketones is 1. The fraction of sp³-hybridized carbons (Fsp3) is 0.545. The second kappa shape index (κ2) is 17.5. The van der Waals surface area contributed by atoms with Gasteiger partial charge >= 0.3 is 0 Å². The third-order valence-electron chi connectivity index (χ3n) is 8.59. The molecule has 2 heterocycles. The molecule has 3 N–H and O–H groups in total. The molecule has 0 spiro atoms. The Morgan fingerprint density at radius 2 is 1.29 bits per heavy atom. The number of benzene rings is 2. The molecule has 15 nitrogen and oxygen atoms in total. The van der Waals surface area contributed by atoms with E-state index in [1.54, 1.807) is 13.8 Å². The minimum Gasteiger partial charge on any atom is -0.507 e. The first-order valence-corrected chi connectivity index (χ1v) is 16.0. The Kier molecular flexibility index (Phi) is 13.8. The van der Waals surface area contributed by atoms with Gasteiger partial charge in [0.2, 0.25) is 0 Å². The van der Waals surface area contributed by atoms with Gasteiger partial charge in [0.15, 0.2) is 0 Å². The molecule has 2 saturated heterocycles. The Morgan fingerprint density at radius 3 is 1.75 bits per heavy atom. The van der Waals surface area contributed by atoms with E-state index in [9.17, 15) is 49.9 Å². The lowest BCUT2D eigenvalue weighted by molar-refractivity contribution is -0.385. The number of Topliss-reactive ketones (excluding diaryl/α,β-unsaturated/α-hetero) is 1. The molecule has 0 bridgehead atoms. The number of phenols is 1. The molecule has 4 rings (SSSR count). The van der Waals surface area contributed by atoms with Crippen molar-refractivity contribution in [2.75, 3.05) is 32.9 Å². The molecule has 0 saturated carbocycles. The van der Waals surface area contributed by atoms with Gasteiger partial charge in [-0.2, -0.15) is 0 Å². The van der Waals surface area contributed by atoms with Crippen LogP contribution in [0.2, 0.25) is 0 Å². The van der Waals surface area contributed by atoms with Crippen molar-refractivity contribution in [3.8, 4) is 11.5 Å². The number of nitrogens with zero attached hydrogens (tertiary/aromatic N) is 4. The number of amides is 2. The van der Waals surface area contributed by atoms with Gasteiger partial charge in [0, 0.05) is 19.5 Å². The number of aryl methyl sites for hydroxylation is 2. The average Bonchev–Trinajstić information content (AvgIpc) is 3.07. The van der Waals surface area contributed by atoms with E-state index in [4.69, 9.17) is 4.74 Å². The summed E-state index contributed by atoms with van der Waals surface area (Å²) in [6.07, 6.45) is 5.75. The number of aliphatic hydroxyl groups excluding tert-OH is 2. The highest BCUT2D eigenvalue weighted by molar-refractivity contribution is 5.99. The fourth-order valence-electron chi connectivity index (χ4n) is 5.89. The van der Waals surface area contributed by atoms with Crippen molar-refractivity contribution >= 4 is 29.0 Å². The molecule has 2 fully saturated rings.